The lowest BCUT2D eigenvalue weighted by molar-refractivity contribution is -0.138. The molecule has 0 heterocycles. The van der Waals surface area contributed by atoms with Crippen LogP contribution in [0.4, 0.5) is 0 Å². The number of ether oxygens (including phenoxy) is 1. The maximum Gasteiger partial charge on any atom is 0.330 e. The number of carbonyl (C=O) groups excluding carboxylic acids is 1. The van der Waals surface area contributed by atoms with E-state index in [2.05, 4.69) is 6.58 Å². The van der Waals surface area contributed by atoms with Gasteiger partial charge in [-0.1, -0.05) is 6.58 Å². The molecule has 1 radical (unpaired) electrons. The molecule has 0 aromatic heterocycles. The molecule has 13 heavy (non-hydrogen) atoms. The Morgan fingerprint density at radius 2 is 2.08 bits per heavy atom. The quantitative estimate of drug-likeness (QED) is 0.272. The van der Waals surface area contributed by atoms with Gasteiger partial charge in [-0.15, -0.1) is 0 Å². The molecule has 0 aromatic carbocycles. The van der Waals surface area contributed by atoms with Gasteiger partial charge >= 0.3 is 5.97 Å². The highest BCUT2D eigenvalue weighted by molar-refractivity contribution is 5.82. The first-order valence-electron chi connectivity index (χ1n) is 3.88. The largest absolute Gasteiger partial charge is 0.461 e. The van der Waals surface area contributed by atoms with Crippen molar-refractivity contribution in [1.29, 1.82) is 0 Å². The molecule has 0 spiro atoms. The SMILES string of the molecule is C=C([O])/C=C\C(=O)OCCN(C)C. The van der Waals surface area contributed by atoms with Crippen molar-refractivity contribution in [1.82, 2.24) is 4.90 Å². The first-order valence-corrected chi connectivity index (χ1v) is 3.88. The van der Waals surface area contributed by atoms with Crippen LogP contribution in [0.3, 0.4) is 0 Å². The van der Waals surface area contributed by atoms with Gasteiger partial charge in [-0.25, -0.2) is 4.79 Å². The molecule has 0 aliphatic carbocycles. The lowest BCUT2D eigenvalue weighted by Gasteiger charge is -2.08. The Kier molecular flexibility index (Phi) is 5.63. The van der Waals surface area contributed by atoms with Gasteiger partial charge in [0.1, 0.15) is 6.61 Å². The number of carbonyl (C=O) groups is 1. The molecule has 73 valence electrons. The van der Waals surface area contributed by atoms with Crippen LogP contribution >= 0.6 is 0 Å². The summed E-state index contributed by atoms with van der Waals surface area (Å²) in [6.45, 7) is 4.06. The number of rotatable bonds is 5. The number of nitrogens with zero attached hydrogens (tertiary/aromatic N) is 1. The summed E-state index contributed by atoms with van der Waals surface area (Å²) in [4.78, 5) is 12.7. The van der Waals surface area contributed by atoms with E-state index in [4.69, 9.17) is 4.74 Å². The van der Waals surface area contributed by atoms with Gasteiger partial charge in [0, 0.05) is 12.6 Å². The van der Waals surface area contributed by atoms with E-state index in [-0.39, 0.29) is 0 Å². The lowest BCUT2D eigenvalue weighted by Crippen LogP contribution is -2.19. The van der Waals surface area contributed by atoms with Gasteiger partial charge in [0.2, 0.25) is 0 Å². The van der Waals surface area contributed by atoms with Crippen LogP contribution in [0.25, 0.3) is 0 Å². The molecular weight excluding hydrogens is 170 g/mol. The summed E-state index contributed by atoms with van der Waals surface area (Å²) in [5, 5.41) is 10.3. The summed E-state index contributed by atoms with van der Waals surface area (Å²) in [6, 6.07) is 0. The first-order chi connectivity index (χ1) is 6.02. The second kappa shape index (κ2) is 6.25. The highest BCUT2D eigenvalue weighted by Gasteiger charge is 1.97. The monoisotopic (exact) mass is 184 g/mol. The van der Waals surface area contributed by atoms with E-state index in [9.17, 15) is 9.90 Å². The van der Waals surface area contributed by atoms with E-state index in [1.807, 2.05) is 19.0 Å². The van der Waals surface area contributed by atoms with E-state index in [1.54, 1.807) is 0 Å². The van der Waals surface area contributed by atoms with Crippen molar-refractivity contribution < 1.29 is 14.6 Å². The third-order valence-corrected chi connectivity index (χ3v) is 1.19. The fourth-order valence-corrected chi connectivity index (χ4v) is 0.538. The van der Waals surface area contributed by atoms with Gasteiger partial charge in [0.25, 0.3) is 0 Å². The molecule has 0 fully saturated rings. The minimum atomic E-state index is -0.515. The lowest BCUT2D eigenvalue weighted by atomic mass is 10.4. The molecule has 0 unspecified atom stereocenters. The van der Waals surface area contributed by atoms with Crippen molar-refractivity contribution >= 4 is 5.97 Å². The van der Waals surface area contributed by atoms with Crippen LogP contribution in [0.1, 0.15) is 0 Å². The van der Waals surface area contributed by atoms with Crippen molar-refractivity contribution in [3.05, 3.63) is 24.5 Å². The van der Waals surface area contributed by atoms with Crippen LogP contribution in [0.15, 0.2) is 24.5 Å². The normalized spacial score (nSPS) is 10.7. The zero-order valence-electron chi connectivity index (χ0n) is 7.95. The van der Waals surface area contributed by atoms with E-state index in [1.165, 1.54) is 0 Å². The summed E-state index contributed by atoms with van der Waals surface area (Å²) in [7, 11) is 3.76. The van der Waals surface area contributed by atoms with E-state index >= 15 is 0 Å². The van der Waals surface area contributed by atoms with E-state index in [0.717, 1.165) is 12.2 Å². The number of hydrogen-bond donors (Lipinski definition) is 0. The van der Waals surface area contributed by atoms with E-state index < -0.39 is 11.7 Å². The maximum absolute atomic E-state index is 10.8. The first kappa shape index (κ1) is 11.7. The highest BCUT2D eigenvalue weighted by Crippen LogP contribution is 1.88. The van der Waals surface area contributed by atoms with Crippen LogP contribution in [0.2, 0.25) is 0 Å². The van der Waals surface area contributed by atoms with Gasteiger partial charge in [0.15, 0.2) is 5.76 Å². The molecule has 0 aliphatic heterocycles. The second-order valence-electron chi connectivity index (χ2n) is 2.77. The van der Waals surface area contributed by atoms with Crippen LogP contribution in [-0.2, 0) is 14.6 Å². The van der Waals surface area contributed by atoms with Crippen LogP contribution in [0, 0.1) is 0 Å². The Hall–Kier alpha value is -1.29. The fourth-order valence-electron chi connectivity index (χ4n) is 0.538. The molecule has 0 bridgehead atoms. The standard InChI is InChI=1S/C9H14NO3/c1-8(11)4-5-9(12)13-7-6-10(2)3/h4-5H,1,6-7H2,2-3H3/b5-4-. The highest BCUT2D eigenvalue weighted by atomic mass is 16.5. The summed E-state index contributed by atoms with van der Waals surface area (Å²) in [6.07, 6.45) is 2.16. The number of esters is 1. The Morgan fingerprint density at radius 1 is 1.46 bits per heavy atom. The van der Waals surface area contributed by atoms with Crippen LogP contribution in [0.5, 0.6) is 0 Å². The smallest absolute Gasteiger partial charge is 0.330 e. The summed E-state index contributed by atoms with van der Waals surface area (Å²) in [5.74, 6) is -0.927. The molecule has 0 atom stereocenters. The van der Waals surface area contributed by atoms with Gasteiger partial charge in [0.05, 0.1) is 0 Å². The predicted octanol–water partition coefficient (Wildman–Crippen LogP) is 0.592. The van der Waals surface area contributed by atoms with Gasteiger partial charge in [-0.05, 0) is 20.2 Å². The van der Waals surface area contributed by atoms with Crippen molar-refractivity contribution in [2.45, 2.75) is 0 Å². The van der Waals surface area contributed by atoms with Gasteiger partial charge < -0.3 is 9.64 Å². The van der Waals surface area contributed by atoms with Crippen molar-refractivity contribution in [2.24, 2.45) is 0 Å². The Bertz CT molecular complexity index is 209. The molecule has 0 rings (SSSR count). The number of hydrogen-bond acceptors (Lipinski definition) is 3. The minimum Gasteiger partial charge on any atom is -0.461 e. The van der Waals surface area contributed by atoms with Crippen LogP contribution < -0.4 is 0 Å². The minimum absolute atomic E-state index is 0.321. The summed E-state index contributed by atoms with van der Waals surface area (Å²) >= 11 is 0. The van der Waals surface area contributed by atoms with Crippen molar-refractivity contribution in [2.75, 3.05) is 27.2 Å². The molecule has 0 saturated carbocycles. The predicted molar refractivity (Wildman–Crippen MR) is 48.5 cm³/mol. The topological polar surface area (TPSA) is 49.4 Å². The molecule has 4 nitrogen and oxygen atoms in total. The van der Waals surface area contributed by atoms with Crippen molar-refractivity contribution in [3.63, 3.8) is 0 Å². The molecule has 0 aliphatic rings. The average Bonchev–Trinajstić information content (AvgIpc) is 2.00. The molecule has 4 heteroatoms. The molecule has 0 saturated heterocycles. The number of allylic oxidation sites excluding steroid dienone is 1. The van der Waals surface area contributed by atoms with Gasteiger partial charge in [-0.2, -0.15) is 0 Å². The van der Waals surface area contributed by atoms with Crippen molar-refractivity contribution in [3.8, 4) is 0 Å². The van der Waals surface area contributed by atoms with Crippen LogP contribution in [-0.4, -0.2) is 38.1 Å². The summed E-state index contributed by atoms with van der Waals surface area (Å²) < 4.78 is 4.76. The zero-order valence-corrected chi connectivity index (χ0v) is 7.95. The number of likely N-dealkylation sites (N-methyl/N-ethyl adjacent to an activating group) is 1. The maximum atomic E-state index is 10.8. The zero-order chi connectivity index (χ0) is 10.3. The molecular formula is C9H14NO3. The molecule has 0 amide bonds. The van der Waals surface area contributed by atoms with E-state index in [0.29, 0.717) is 13.2 Å². The Balaban J connectivity index is 3.58. The second-order valence-corrected chi connectivity index (χ2v) is 2.77. The third kappa shape index (κ3) is 8.62. The van der Waals surface area contributed by atoms with Gasteiger partial charge in [-0.3, -0.25) is 5.11 Å². The average molecular weight is 184 g/mol. The molecule has 0 aromatic rings. The molecule has 0 N–H and O–H groups in total. The fraction of sp³-hybridized carbons (Fsp3) is 0.444. The Morgan fingerprint density at radius 3 is 2.54 bits per heavy atom. The third-order valence-electron chi connectivity index (χ3n) is 1.19. The Labute approximate surface area is 78.1 Å². The summed E-state index contributed by atoms with van der Waals surface area (Å²) in [5.41, 5.74) is 0.